The van der Waals surface area contributed by atoms with E-state index >= 15 is 0 Å². The Morgan fingerprint density at radius 1 is 1.10 bits per heavy atom. The highest BCUT2D eigenvalue weighted by Crippen LogP contribution is 2.41. The van der Waals surface area contributed by atoms with E-state index in [0.717, 1.165) is 25.0 Å². The van der Waals surface area contributed by atoms with Crippen molar-refractivity contribution in [1.29, 1.82) is 0 Å². The van der Waals surface area contributed by atoms with E-state index in [2.05, 4.69) is 4.74 Å². The third-order valence-electron chi connectivity index (χ3n) is 5.33. The predicted octanol–water partition coefficient (Wildman–Crippen LogP) is 5.28. The van der Waals surface area contributed by atoms with Crippen LogP contribution >= 0.6 is 0 Å². The zero-order chi connectivity index (χ0) is 22.3. The highest BCUT2D eigenvalue weighted by Gasteiger charge is 2.47. The van der Waals surface area contributed by atoms with Crippen molar-refractivity contribution in [3.8, 4) is 5.75 Å². The third kappa shape index (κ3) is 4.87. The number of piperidine rings is 1. The number of halogens is 4. The van der Waals surface area contributed by atoms with E-state index in [1.807, 2.05) is 0 Å². The van der Waals surface area contributed by atoms with Crippen LogP contribution in [-0.4, -0.2) is 47.0 Å². The monoisotopic (exact) mass is 431 g/mol. The molecule has 0 aliphatic carbocycles. The molecule has 1 aromatic rings. The zero-order valence-corrected chi connectivity index (χ0v) is 17.0. The summed E-state index contributed by atoms with van der Waals surface area (Å²) in [5, 5.41) is 0. The maximum Gasteiger partial charge on any atom is 0.461 e. The average Bonchev–Trinajstić information content (AvgIpc) is 2.89. The summed E-state index contributed by atoms with van der Waals surface area (Å²) in [5.74, 6) is -1.17. The predicted molar refractivity (Wildman–Crippen MR) is 100.0 cm³/mol. The minimum atomic E-state index is -4.64. The van der Waals surface area contributed by atoms with Gasteiger partial charge >= 0.3 is 18.6 Å². The van der Waals surface area contributed by atoms with Gasteiger partial charge in [0.15, 0.2) is 5.78 Å². The van der Waals surface area contributed by atoms with E-state index in [9.17, 15) is 27.2 Å². The Hall–Kier alpha value is -2.32. The first-order chi connectivity index (χ1) is 13.9. The molecule has 5 nitrogen and oxygen atoms in total. The number of ether oxygens (including phenoxy) is 2. The van der Waals surface area contributed by atoms with Crippen LogP contribution in [0, 0.1) is 5.92 Å². The Labute approximate surface area is 172 Å². The number of rotatable bonds is 5. The van der Waals surface area contributed by atoms with E-state index < -0.39 is 35.9 Å². The summed E-state index contributed by atoms with van der Waals surface area (Å²) in [5.41, 5.74) is -0.503. The van der Waals surface area contributed by atoms with Crippen molar-refractivity contribution in [3.63, 3.8) is 0 Å². The molecule has 0 spiro atoms. The zero-order valence-electron chi connectivity index (χ0n) is 17.0. The van der Waals surface area contributed by atoms with E-state index in [1.54, 1.807) is 25.7 Å². The van der Waals surface area contributed by atoms with Gasteiger partial charge in [0.05, 0.1) is 0 Å². The van der Waals surface area contributed by atoms with Crippen molar-refractivity contribution in [2.24, 2.45) is 5.92 Å². The number of carbonyl (C=O) groups is 2. The summed E-state index contributed by atoms with van der Waals surface area (Å²) in [6, 6.07) is 4.65. The molecular formula is C21H25F4NO4. The molecule has 0 saturated carbocycles. The molecule has 2 aliphatic rings. The summed E-state index contributed by atoms with van der Waals surface area (Å²) in [4.78, 5) is 27.2. The topological polar surface area (TPSA) is 55.8 Å². The number of ketones is 1. The molecule has 1 aromatic carbocycles. The summed E-state index contributed by atoms with van der Waals surface area (Å²) >= 11 is 0. The molecule has 2 saturated heterocycles. The molecule has 3 rings (SSSR count). The lowest BCUT2D eigenvalue weighted by Gasteiger charge is -2.39. The summed E-state index contributed by atoms with van der Waals surface area (Å²) in [6.07, 6.45) is -6.62. The number of nitrogens with zero attached hydrogens (tertiary/aromatic N) is 1. The number of amides is 1. The van der Waals surface area contributed by atoms with Crippen LogP contribution in [0.25, 0.3) is 0 Å². The number of hydrogen-bond acceptors (Lipinski definition) is 4. The van der Waals surface area contributed by atoms with Crippen molar-refractivity contribution in [3.05, 3.63) is 29.8 Å². The van der Waals surface area contributed by atoms with Crippen LogP contribution in [0.5, 0.6) is 5.75 Å². The van der Waals surface area contributed by atoms with Gasteiger partial charge in [0.25, 0.3) is 0 Å². The summed E-state index contributed by atoms with van der Waals surface area (Å²) < 4.78 is 60.6. The SMILES string of the molecule is CC(C)(C)OC(=O)N1C2CCC1CC(C(=O)c1cccc(OC(F)(F)C(F)F)c1)C2. The normalized spacial score (nSPS) is 24.1. The highest BCUT2D eigenvalue weighted by atomic mass is 19.3. The minimum Gasteiger partial charge on any atom is -0.444 e. The lowest BCUT2D eigenvalue weighted by Crippen LogP contribution is -2.49. The number of benzene rings is 1. The smallest absolute Gasteiger partial charge is 0.444 e. The number of alkyl halides is 4. The van der Waals surface area contributed by atoms with Crippen LogP contribution in [0.4, 0.5) is 22.4 Å². The van der Waals surface area contributed by atoms with Crippen LogP contribution in [-0.2, 0) is 4.74 Å². The first kappa shape index (κ1) is 22.4. The minimum absolute atomic E-state index is 0.118. The Kier molecular flexibility index (Phi) is 6.02. The van der Waals surface area contributed by atoms with Gasteiger partial charge in [0.1, 0.15) is 11.4 Å². The Balaban J connectivity index is 1.70. The van der Waals surface area contributed by atoms with E-state index in [0.29, 0.717) is 12.8 Å². The Bertz CT molecular complexity index is 794. The van der Waals surface area contributed by atoms with Crippen LogP contribution in [0.2, 0.25) is 0 Å². The molecule has 166 valence electrons. The number of carbonyl (C=O) groups excluding carboxylic acids is 2. The van der Waals surface area contributed by atoms with Gasteiger partial charge in [-0.05, 0) is 58.6 Å². The molecule has 2 unspecified atom stereocenters. The number of Topliss-reactive ketones (excluding diaryl/α,β-unsaturated/α-hetero) is 1. The van der Waals surface area contributed by atoms with E-state index in [4.69, 9.17) is 4.74 Å². The van der Waals surface area contributed by atoms with Crippen molar-refractivity contribution < 1.29 is 36.6 Å². The second-order valence-corrected chi connectivity index (χ2v) is 8.80. The second-order valence-electron chi connectivity index (χ2n) is 8.80. The van der Waals surface area contributed by atoms with Crippen molar-refractivity contribution in [2.75, 3.05) is 0 Å². The molecule has 0 aromatic heterocycles. The molecule has 2 aliphatic heterocycles. The van der Waals surface area contributed by atoms with Gasteiger partial charge in [-0.15, -0.1) is 0 Å². The van der Waals surface area contributed by atoms with Gasteiger partial charge < -0.3 is 14.4 Å². The van der Waals surface area contributed by atoms with Gasteiger partial charge in [-0.3, -0.25) is 4.79 Å². The fraction of sp³-hybridized carbons (Fsp3) is 0.619. The Morgan fingerprint density at radius 3 is 2.23 bits per heavy atom. The maximum absolute atomic E-state index is 13.2. The van der Waals surface area contributed by atoms with Crippen molar-refractivity contribution >= 4 is 11.9 Å². The lowest BCUT2D eigenvalue weighted by atomic mass is 9.85. The fourth-order valence-electron chi connectivity index (χ4n) is 4.15. The van der Waals surface area contributed by atoms with Gasteiger partial charge in [0.2, 0.25) is 0 Å². The van der Waals surface area contributed by atoms with Crippen molar-refractivity contribution in [2.45, 2.75) is 76.7 Å². The van der Waals surface area contributed by atoms with Crippen molar-refractivity contribution in [1.82, 2.24) is 4.90 Å². The van der Waals surface area contributed by atoms with E-state index in [-0.39, 0.29) is 23.4 Å². The molecule has 2 bridgehead atoms. The van der Waals surface area contributed by atoms with Crippen LogP contribution in [0.1, 0.15) is 56.8 Å². The summed E-state index contributed by atoms with van der Waals surface area (Å²) in [6.45, 7) is 5.36. The molecular weight excluding hydrogens is 406 g/mol. The van der Waals surface area contributed by atoms with Crippen LogP contribution in [0.15, 0.2) is 24.3 Å². The van der Waals surface area contributed by atoms with Crippen LogP contribution < -0.4 is 4.74 Å². The Morgan fingerprint density at radius 2 is 1.70 bits per heavy atom. The second kappa shape index (κ2) is 8.07. The molecule has 0 radical (unpaired) electrons. The average molecular weight is 431 g/mol. The molecule has 2 fully saturated rings. The third-order valence-corrected chi connectivity index (χ3v) is 5.33. The molecule has 2 heterocycles. The quantitative estimate of drug-likeness (QED) is 0.470. The number of hydrogen-bond donors (Lipinski definition) is 0. The first-order valence-electron chi connectivity index (χ1n) is 9.88. The fourth-order valence-corrected chi connectivity index (χ4v) is 4.15. The first-order valence-corrected chi connectivity index (χ1v) is 9.88. The van der Waals surface area contributed by atoms with E-state index in [1.165, 1.54) is 12.1 Å². The molecule has 1 amide bonds. The standard InChI is InChI=1S/C21H25F4NO4/c1-20(2,3)30-19(28)26-14-7-8-15(26)10-13(9-14)17(27)12-5-4-6-16(11-12)29-21(24,25)18(22)23/h4-6,11,13-15,18H,7-10H2,1-3H3. The highest BCUT2D eigenvalue weighted by molar-refractivity contribution is 5.98. The van der Waals surface area contributed by atoms with Gasteiger partial charge in [-0.1, -0.05) is 12.1 Å². The molecule has 9 heteroatoms. The van der Waals surface area contributed by atoms with Gasteiger partial charge in [0, 0.05) is 23.6 Å². The molecule has 30 heavy (non-hydrogen) atoms. The largest absolute Gasteiger partial charge is 0.461 e. The van der Waals surface area contributed by atoms with Gasteiger partial charge in [-0.25, -0.2) is 4.79 Å². The number of fused-ring (bicyclic) bond motifs is 2. The van der Waals surface area contributed by atoms with Crippen LogP contribution in [0.3, 0.4) is 0 Å². The lowest BCUT2D eigenvalue weighted by molar-refractivity contribution is -0.253. The van der Waals surface area contributed by atoms with Gasteiger partial charge in [-0.2, -0.15) is 17.6 Å². The maximum atomic E-state index is 13.2. The molecule has 2 atom stereocenters. The molecule has 0 N–H and O–H groups in total. The summed E-state index contributed by atoms with van der Waals surface area (Å²) in [7, 11) is 0.